The summed E-state index contributed by atoms with van der Waals surface area (Å²) in [7, 11) is -3.58. The van der Waals surface area contributed by atoms with Gasteiger partial charge < -0.3 is 5.32 Å². The van der Waals surface area contributed by atoms with Gasteiger partial charge in [0.05, 0.1) is 21.6 Å². The van der Waals surface area contributed by atoms with Crippen LogP contribution in [-0.2, 0) is 16.4 Å². The van der Waals surface area contributed by atoms with Crippen molar-refractivity contribution < 1.29 is 13.2 Å². The zero-order valence-electron chi connectivity index (χ0n) is 15.6. The van der Waals surface area contributed by atoms with Crippen LogP contribution in [0.4, 0.5) is 0 Å². The molecule has 0 bridgehead atoms. The highest BCUT2D eigenvalue weighted by Gasteiger charge is 2.19. The minimum atomic E-state index is -3.58. The molecule has 29 heavy (non-hydrogen) atoms. The van der Waals surface area contributed by atoms with Crippen LogP contribution >= 0.6 is 0 Å². The number of aryl methyl sites for hydroxylation is 1. The molecule has 8 heteroatoms. The summed E-state index contributed by atoms with van der Waals surface area (Å²) in [5.74, 6) is -0.266. The standard InChI is InChI=1S/C21H18N4O3S/c1-14-4-2-3-5-19(14)29(27,28)18-8-6-15(7-9-18)11-23-21(26)17-10-16-13-24-25-20(16)22-12-17/h2-10,12-13H,11H2,1H3,(H,23,26)(H,22,24,25). The van der Waals surface area contributed by atoms with Crippen molar-refractivity contribution in [1.29, 1.82) is 0 Å². The molecule has 2 aromatic carbocycles. The number of pyridine rings is 1. The van der Waals surface area contributed by atoms with E-state index in [-0.39, 0.29) is 17.3 Å². The molecule has 4 aromatic rings. The number of benzene rings is 2. The highest BCUT2D eigenvalue weighted by atomic mass is 32.2. The van der Waals surface area contributed by atoms with E-state index in [0.717, 1.165) is 10.9 Å². The van der Waals surface area contributed by atoms with E-state index in [9.17, 15) is 13.2 Å². The van der Waals surface area contributed by atoms with E-state index in [0.29, 0.717) is 21.7 Å². The molecule has 2 N–H and O–H groups in total. The minimum absolute atomic E-state index is 0.219. The number of rotatable bonds is 5. The maximum atomic E-state index is 12.8. The number of hydrogen-bond donors (Lipinski definition) is 2. The molecule has 0 fully saturated rings. The van der Waals surface area contributed by atoms with Gasteiger partial charge in [-0.3, -0.25) is 9.89 Å². The predicted octanol–water partition coefficient (Wildman–Crippen LogP) is 3.03. The molecule has 1 amide bonds. The summed E-state index contributed by atoms with van der Waals surface area (Å²) in [6.45, 7) is 2.04. The molecule has 0 radical (unpaired) electrons. The number of carbonyl (C=O) groups excluding carboxylic acids is 1. The third-order valence-electron chi connectivity index (χ3n) is 4.62. The summed E-state index contributed by atoms with van der Waals surface area (Å²) in [4.78, 5) is 17.0. The first-order valence-electron chi connectivity index (χ1n) is 8.92. The molecule has 4 rings (SSSR count). The van der Waals surface area contributed by atoms with Crippen molar-refractivity contribution >= 4 is 26.8 Å². The van der Waals surface area contributed by atoms with Crippen molar-refractivity contribution in [3.8, 4) is 0 Å². The number of hydrogen-bond acceptors (Lipinski definition) is 5. The molecule has 0 spiro atoms. The second kappa shape index (κ2) is 7.48. The van der Waals surface area contributed by atoms with Crippen molar-refractivity contribution in [3.05, 3.63) is 83.7 Å². The molecular formula is C21H18N4O3S. The Morgan fingerprint density at radius 3 is 2.59 bits per heavy atom. The van der Waals surface area contributed by atoms with E-state index in [2.05, 4.69) is 20.5 Å². The van der Waals surface area contributed by atoms with Crippen molar-refractivity contribution in [3.63, 3.8) is 0 Å². The molecule has 146 valence electrons. The van der Waals surface area contributed by atoms with Gasteiger partial charge in [-0.05, 0) is 42.3 Å². The second-order valence-corrected chi connectivity index (χ2v) is 8.55. The third kappa shape index (κ3) is 3.74. The smallest absolute Gasteiger partial charge is 0.253 e. The predicted molar refractivity (Wildman–Crippen MR) is 108 cm³/mol. The number of carbonyl (C=O) groups is 1. The Morgan fingerprint density at radius 2 is 1.83 bits per heavy atom. The average molecular weight is 406 g/mol. The van der Waals surface area contributed by atoms with Gasteiger partial charge in [0, 0.05) is 18.1 Å². The van der Waals surface area contributed by atoms with Gasteiger partial charge in [0.2, 0.25) is 9.84 Å². The van der Waals surface area contributed by atoms with Crippen molar-refractivity contribution in [2.45, 2.75) is 23.3 Å². The highest BCUT2D eigenvalue weighted by Crippen LogP contribution is 2.23. The number of nitrogens with zero attached hydrogens (tertiary/aromatic N) is 2. The Hall–Kier alpha value is -3.52. The number of aromatic amines is 1. The van der Waals surface area contributed by atoms with E-state index in [1.807, 2.05) is 0 Å². The van der Waals surface area contributed by atoms with Crippen LogP contribution in [0.5, 0.6) is 0 Å². The fourth-order valence-corrected chi connectivity index (χ4v) is 4.51. The van der Waals surface area contributed by atoms with Gasteiger partial charge in [-0.25, -0.2) is 13.4 Å². The van der Waals surface area contributed by atoms with Gasteiger partial charge >= 0.3 is 0 Å². The largest absolute Gasteiger partial charge is 0.348 e. The number of nitrogens with one attached hydrogen (secondary N) is 2. The minimum Gasteiger partial charge on any atom is -0.348 e. The second-order valence-electron chi connectivity index (χ2n) is 6.63. The van der Waals surface area contributed by atoms with Crippen LogP contribution in [0.15, 0.2) is 76.8 Å². The Bertz CT molecular complexity index is 1300. The lowest BCUT2D eigenvalue weighted by atomic mass is 10.2. The Balaban J connectivity index is 1.47. The highest BCUT2D eigenvalue weighted by molar-refractivity contribution is 7.91. The van der Waals surface area contributed by atoms with Gasteiger partial charge in [-0.1, -0.05) is 30.3 Å². The van der Waals surface area contributed by atoms with E-state index < -0.39 is 9.84 Å². The zero-order chi connectivity index (χ0) is 20.4. The van der Waals surface area contributed by atoms with E-state index in [1.165, 1.54) is 6.20 Å². The number of H-pyrrole nitrogens is 1. The molecular weight excluding hydrogens is 388 g/mol. The van der Waals surface area contributed by atoms with Gasteiger partial charge in [-0.2, -0.15) is 5.10 Å². The van der Waals surface area contributed by atoms with Gasteiger partial charge in [0.25, 0.3) is 5.91 Å². The Morgan fingerprint density at radius 1 is 1.07 bits per heavy atom. The van der Waals surface area contributed by atoms with E-state index >= 15 is 0 Å². The molecule has 0 aliphatic rings. The zero-order valence-corrected chi connectivity index (χ0v) is 16.4. The number of aromatic nitrogens is 3. The van der Waals surface area contributed by atoms with Crippen LogP contribution in [0.25, 0.3) is 11.0 Å². The first-order valence-corrected chi connectivity index (χ1v) is 10.4. The molecule has 0 aliphatic carbocycles. The number of sulfone groups is 1. The lowest BCUT2D eigenvalue weighted by Gasteiger charge is -2.09. The summed E-state index contributed by atoms with van der Waals surface area (Å²) in [5.41, 5.74) is 2.54. The molecule has 0 aliphatic heterocycles. The van der Waals surface area contributed by atoms with Crippen LogP contribution in [0.3, 0.4) is 0 Å². The Kier molecular flexibility index (Phi) is 4.85. The molecule has 2 aromatic heterocycles. The van der Waals surface area contributed by atoms with Crippen molar-refractivity contribution in [2.75, 3.05) is 0 Å². The van der Waals surface area contributed by atoms with Crippen LogP contribution < -0.4 is 5.32 Å². The molecule has 0 atom stereocenters. The van der Waals surface area contributed by atoms with Crippen LogP contribution in [0, 0.1) is 6.92 Å². The first-order chi connectivity index (χ1) is 13.9. The molecule has 0 saturated carbocycles. The Labute approximate surface area is 167 Å². The first kappa shape index (κ1) is 18.8. The average Bonchev–Trinajstić information content (AvgIpc) is 3.20. The monoisotopic (exact) mass is 406 g/mol. The third-order valence-corrected chi connectivity index (χ3v) is 6.55. The molecule has 0 unspecified atom stereocenters. The molecule has 2 heterocycles. The number of fused-ring (bicyclic) bond motifs is 1. The summed E-state index contributed by atoms with van der Waals surface area (Å²) in [5, 5.41) is 10.2. The molecule has 0 saturated heterocycles. The van der Waals surface area contributed by atoms with Crippen LogP contribution in [0.1, 0.15) is 21.5 Å². The normalized spacial score (nSPS) is 11.5. The number of amides is 1. The summed E-state index contributed by atoms with van der Waals surface area (Å²) in [6, 6.07) is 15.1. The fourth-order valence-electron chi connectivity index (χ4n) is 3.02. The van der Waals surface area contributed by atoms with E-state index in [4.69, 9.17) is 0 Å². The maximum absolute atomic E-state index is 12.8. The van der Waals surface area contributed by atoms with Gasteiger partial charge in [0.1, 0.15) is 0 Å². The van der Waals surface area contributed by atoms with Gasteiger partial charge in [0.15, 0.2) is 5.65 Å². The van der Waals surface area contributed by atoms with Gasteiger partial charge in [-0.15, -0.1) is 0 Å². The topological polar surface area (TPSA) is 105 Å². The maximum Gasteiger partial charge on any atom is 0.253 e. The van der Waals surface area contributed by atoms with Crippen molar-refractivity contribution in [1.82, 2.24) is 20.5 Å². The van der Waals surface area contributed by atoms with E-state index in [1.54, 1.807) is 67.7 Å². The SMILES string of the molecule is Cc1ccccc1S(=O)(=O)c1ccc(CNC(=O)c2cnc3[nH]ncc3c2)cc1. The van der Waals surface area contributed by atoms with Crippen molar-refractivity contribution in [2.24, 2.45) is 0 Å². The quantitative estimate of drug-likeness (QED) is 0.530. The van der Waals surface area contributed by atoms with Crippen LogP contribution in [0.2, 0.25) is 0 Å². The van der Waals surface area contributed by atoms with Crippen LogP contribution in [-0.4, -0.2) is 29.5 Å². The summed E-state index contributed by atoms with van der Waals surface area (Å²) >= 11 is 0. The fraction of sp³-hybridized carbons (Fsp3) is 0.0952. The lowest BCUT2D eigenvalue weighted by Crippen LogP contribution is -2.22. The molecule has 7 nitrogen and oxygen atoms in total. The summed E-state index contributed by atoms with van der Waals surface area (Å²) < 4.78 is 25.6. The summed E-state index contributed by atoms with van der Waals surface area (Å²) in [6.07, 6.45) is 3.08. The lowest BCUT2D eigenvalue weighted by molar-refractivity contribution is 0.0950.